The van der Waals surface area contributed by atoms with E-state index >= 15 is 0 Å². The summed E-state index contributed by atoms with van der Waals surface area (Å²) >= 11 is 0. The summed E-state index contributed by atoms with van der Waals surface area (Å²) in [4.78, 5) is 13.1. The van der Waals surface area contributed by atoms with E-state index in [1.807, 2.05) is 0 Å². The molecule has 0 radical (unpaired) electrons. The maximum absolute atomic E-state index is 11.9. The van der Waals surface area contributed by atoms with Gasteiger partial charge in [-0.15, -0.1) is 0 Å². The number of halogens is 3. The maximum Gasteiger partial charge on any atom is 0.433 e. The quantitative estimate of drug-likeness (QED) is 0.646. The molecule has 0 spiro atoms. The van der Waals surface area contributed by atoms with Gasteiger partial charge in [-0.3, -0.25) is 4.98 Å². The van der Waals surface area contributed by atoms with Gasteiger partial charge in [0.2, 0.25) is 0 Å². The minimum Gasteiger partial charge on any atom is -0.545 e. The SMILES string of the molecule is O=C([O-])c1ccc(C(F)(F)F)nc1. The van der Waals surface area contributed by atoms with Gasteiger partial charge in [-0.25, -0.2) is 0 Å². The number of carbonyl (C=O) groups is 1. The van der Waals surface area contributed by atoms with Crippen molar-refractivity contribution in [2.24, 2.45) is 0 Å². The molecule has 1 heterocycles. The second-order valence-corrected chi connectivity index (χ2v) is 2.22. The molecule has 13 heavy (non-hydrogen) atoms. The number of aromatic carboxylic acids is 1. The van der Waals surface area contributed by atoms with Crippen LogP contribution in [0, 0.1) is 0 Å². The van der Waals surface area contributed by atoms with E-state index < -0.39 is 17.8 Å². The monoisotopic (exact) mass is 190 g/mol. The summed E-state index contributed by atoms with van der Waals surface area (Å²) in [6, 6.07) is 1.39. The molecule has 0 aliphatic rings. The lowest BCUT2D eigenvalue weighted by Gasteiger charge is -2.06. The van der Waals surface area contributed by atoms with E-state index in [9.17, 15) is 23.1 Å². The molecule has 0 aromatic carbocycles. The highest BCUT2D eigenvalue weighted by Gasteiger charge is 2.31. The van der Waals surface area contributed by atoms with Crippen LogP contribution in [0.2, 0.25) is 0 Å². The van der Waals surface area contributed by atoms with Crippen molar-refractivity contribution in [3.63, 3.8) is 0 Å². The maximum atomic E-state index is 11.9. The molecule has 0 atom stereocenters. The number of alkyl halides is 3. The van der Waals surface area contributed by atoms with E-state index in [1.165, 1.54) is 0 Å². The number of pyridine rings is 1. The lowest BCUT2D eigenvalue weighted by molar-refractivity contribution is -0.255. The molecule has 0 bridgehead atoms. The summed E-state index contributed by atoms with van der Waals surface area (Å²) in [6.45, 7) is 0. The number of carboxylic acids is 1. The average molecular weight is 190 g/mol. The van der Waals surface area contributed by atoms with E-state index in [1.54, 1.807) is 0 Å². The van der Waals surface area contributed by atoms with Crippen LogP contribution in [0.1, 0.15) is 16.1 Å². The third kappa shape index (κ3) is 2.17. The van der Waals surface area contributed by atoms with Crippen molar-refractivity contribution in [2.75, 3.05) is 0 Å². The van der Waals surface area contributed by atoms with Crippen molar-refractivity contribution in [1.29, 1.82) is 0 Å². The van der Waals surface area contributed by atoms with Crippen molar-refractivity contribution in [3.8, 4) is 0 Å². The number of carbonyl (C=O) groups excluding carboxylic acids is 1. The van der Waals surface area contributed by atoms with Gasteiger partial charge in [0.05, 0.1) is 5.97 Å². The Kier molecular flexibility index (Phi) is 2.22. The molecule has 1 rings (SSSR count). The molecule has 0 N–H and O–H groups in total. The Morgan fingerprint density at radius 1 is 1.38 bits per heavy atom. The van der Waals surface area contributed by atoms with Gasteiger partial charge in [0, 0.05) is 11.8 Å². The van der Waals surface area contributed by atoms with E-state index in [4.69, 9.17) is 0 Å². The van der Waals surface area contributed by atoms with Crippen LogP contribution in [0.5, 0.6) is 0 Å². The van der Waals surface area contributed by atoms with Crippen molar-refractivity contribution < 1.29 is 23.1 Å². The smallest absolute Gasteiger partial charge is 0.433 e. The van der Waals surface area contributed by atoms with E-state index in [0.29, 0.717) is 12.3 Å². The van der Waals surface area contributed by atoms with Gasteiger partial charge in [0.1, 0.15) is 5.69 Å². The zero-order chi connectivity index (χ0) is 10.1. The van der Waals surface area contributed by atoms with Crippen LogP contribution in [0.25, 0.3) is 0 Å². The van der Waals surface area contributed by atoms with Crippen LogP contribution in [-0.2, 0) is 6.18 Å². The van der Waals surface area contributed by atoms with Gasteiger partial charge in [-0.05, 0) is 12.1 Å². The largest absolute Gasteiger partial charge is 0.545 e. The molecule has 0 saturated heterocycles. The Balaban J connectivity index is 3.01. The van der Waals surface area contributed by atoms with Crippen LogP contribution in [0.3, 0.4) is 0 Å². The topological polar surface area (TPSA) is 53.0 Å². The van der Waals surface area contributed by atoms with Gasteiger partial charge in [-0.1, -0.05) is 0 Å². The molecule has 70 valence electrons. The van der Waals surface area contributed by atoms with Crippen molar-refractivity contribution >= 4 is 5.97 Å². The normalized spacial score (nSPS) is 11.3. The first-order valence-corrected chi connectivity index (χ1v) is 3.16. The number of hydrogen-bond donors (Lipinski definition) is 0. The first-order chi connectivity index (χ1) is 5.91. The van der Waals surface area contributed by atoms with Gasteiger partial charge >= 0.3 is 6.18 Å². The first kappa shape index (κ1) is 9.50. The molecule has 3 nitrogen and oxygen atoms in total. The predicted molar refractivity (Wildman–Crippen MR) is 33.6 cm³/mol. The number of hydrogen-bond acceptors (Lipinski definition) is 3. The molecule has 0 aliphatic carbocycles. The van der Waals surface area contributed by atoms with Crippen LogP contribution in [-0.4, -0.2) is 11.0 Å². The van der Waals surface area contributed by atoms with Crippen LogP contribution >= 0.6 is 0 Å². The fourth-order valence-electron chi connectivity index (χ4n) is 0.682. The molecule has 0 fully saturated rings. The summed E-state index contributed by atoms with van der Waals surface area (Å²) in [7, 11) is 0. The Morgan fingerprint density at radius 2 is 2.00 bits per heavy atom. The summed E-state index contributed by atoms with van der Waals surface area (Å²) in [6.07, 6.45) is -3.94. The summed E-state index contributed by atoms with van der Waals surface area (Å²) in [5.41, 5.74) is -1.51. The van der Waals surface area contributed by atoms with Crippen molar-refractivity contribution in [1.82, 2.24) is 4.98 Å². The molecular formula is C7H3F3NO2-. The van der Waals surface area contributed by atoms with Gasteiger partial charge in [0.15, 0.2) is 0 Å². The zero-order valence-corrected chi connectivity index (χ0v) is 6.13. The summed E-state index contributed by atoms with van der Waals surface area (Å²) < 4.78 is 35.7. The second-order valence-electron chi connectivity index (χ2n) is 2.22. The molecule has 0 saturated carbocycles. The molecule has 6 heteroatoms. The summed E-state index contributed by atoms with van der Waals surface area (Å²) in [5, 5.41) is 10.1. The standard InChI is InChI=1S/C7H4F3NO2/c8-7(9,10)5-2-1-4(3-11-5)6(12)13/h1-3H,(H,12,13)/p-1. The first-order valence-electron chi connectivity index (χ1n) is 3.16. The van der Waals surface area contributed by atoms with E-state index in [0.717, 1.165) is 6.07 Å². The van der Waals surface area contributed by atoms with Crippen LogP contribution in [0.15, 0.2) is 18.3 Å². The molecule has 0 unspecified atom stereocenters. The third-order valence-corrected chi connectivity index (χ3v) is 1.29. The Bertz CT molecular complexity index is 318. The minimum absolute atomic E-state index is 0.381. The molecule has 1 aromatic rings. The fraction of sp³-hybridized carbons (Fsp3) is 0.143. The lowest BCUT2D eigenvalue weighted by Crippen LogP contribution is -2.22. The highest BCUT2D eigenvalue weighted by molar-refractivity contribution is 5.85. The Morgan fingerprint density at radius 3 is 2.31 bits per heavy atom. The Hall–Kier alpha value is -1.59. The zero-order valence-electron chi connectivity index (χ0n) is 6.13. The molecule has 0 amide bonds. The van der Waals surface area contributed by atoms with Crippen LogP contribution in [0.4, 0.5) is 13.2 Å². The number of nitrogens with zero attached hydrogens (tertiary/aromatic N) is 1. The minimum atomic E-state index is -4.55. The number of rotatable bonds is 1. The van der Waals surface area contributed by atoms with Gasteiger partial charge in [-0.2, -0.15) is 13.2 Å². The highest BCUT2D eigenvalue weighted by atomic mass is 19.4. The number of aromatic nitrogens is 1. The van der Waals surface area contributed by atoms with Crippen molar-refractivity contribution in [2.45, 2.75) is 6.18 Å². The lowest BCUT2D eigenvalue weighted by atomic mass is 10.2. The van der Waals surface area contributed by atoms with Crippen molar-refractivity contribution in [3.05, 3.63) is 29.6 Å². The third-order valence-electron chi connectivity index (χ3n) is 1.29. The average Bonchev–Trinajstić information content (AvgIpc) is 2.03. The van der Waals surface area contributed by atoms with E-state index in [2.05, 4.69) is 4.98 Å². The van der Waals surface area contributed by atoms with Crippen LogP contribution < -0.4 is 5.11 Å². The Labute approximate surface area is 70.8 Å². The molecule has 0 aliphatic heterocycles. The molecular weight excluding hydrogens is 187 g/mol. The number of carboxylic acid groups (broad SMARTS) is 1. The fourth-order valence-corrected chi connectivity index (χ4v) is 0.682. The predicted octanol–water partition coefficient (Wildman–Crippen LogP) is 0.464. The van der Waals surface area contributed by atoms with Gasteiger partial charge in [0.25, 0.3) is 0 Å². The second kappa shape index (κ2) is 3.04. The molecule has 1 aromatic heterocycles. The summed E-state index contributed by atoms with van der Waals surface area (Å²) in [5.74, 6) is -1.55. The van der Waals surface area contributed by atoms with E-state index in [-0.39, 0.29) is 5.56 Å². The van der Waals surface area contributed by atoms with Gasteiger partial charge < -0.3 is 9.90 Å². The highest BCUT2D eigenvalue weighted by Crippen LogP contribution is 2.26.